The smallest absolute Gasteiger partial charge is 0.307 e. The monoisotopic (exact) mass is 264 g/mol. The largest absolute Gasteiger partial charge is 0.508 e. The molecule has 3 heteroatoms. The van der Waals surface area contributed by atoms with Gasteiger partial charge in [0.15, 0.2) is 0 Å². The summed E-state index contributed by atoms with van der Waals surface area (Å²) in [6.07, 6.45) is -0.0179. The Kier molecular flexibility index (Phi) is 3.99. The Hall–Kier alpha value is -1.51. The Bertz CT molecular complexity index is 488. The fraction of sp³-hybridized carbons (Fsp3) is 0.562. The van der Waals surface area contributed by atoms with Crippen molar-refractivity contribution in [2.45, 2.75) is 58.8 Å². The van der Waals surface area contributed by atoms with Gasteiger partial charge in [0.1, 0.15) is 5.75 Å². The highest BCUT2D eigenvalue weighted by atomic mass is 16.4. The van der Waals surface area contributed by atoms with Crippen molar-refractivity contribution in [3.63, 3.8) is 0 Å². The molecule has 106 valence electrons. The van der Waals surface area contributed by atoms with Crippen molar-refractivity contribution in [3.8, 4) is 5.75 Å². The number of phenols is 1. The summed E-state index contributed by atoms with van der Waals surface area (Å²) < 4.78 is 0. The maximum atomic E-state index is 11.0. The van der Waals surface area contributed by atoms with Crippen LogP contribution in [0.1, 0.15) is 58.2 Å². The van der Waals surface area contributed by atoms with E-state index in [0.29, 0.717) is 0 Å². The number of carbonyl (C=O) groups is 1. The first kappa shape index (κ1) is 15.5. The van der Waals surface area contributed by atoms with E-state index in [2.05, 4.69) is 0 Å². The number of hydrogen-bond donors (Lipinski definition) is 2. The van der Waals surface area contributed by atoms with Gasteiger partial charge in [-0.1, -0.05) is 47.6 Å². The van der Waals surface area contributed by atoms with Gasteiger partial charge in [0, 0.05) is 5.56 Å². The predicted molar refractivity (Wildman–Crippen MR) is 76.8 cm³/mol. The molecule has 0 saturated heterocycles. The third-order valence-corrected chi connectivity index (χ3v) is 3.11. The topological polar surface area (TPSA) is 57.5 Å². The number of rotatable bonds is 2. The highest BCUT2D eigenvalue weighted by Crippen LogP contribution is 2.41. The van der Waals surface area contributed by atoms with E-state index in [4.69, 9.17) is 5.11 Å². The number of phenolic OH excluding ortho intramolecular Hbond substituents is 1. The zero-order valence-corrected chi connectivity index (χ0v) is 12.7. The SMILES string of the molecule is CC(C)(C)c1c(O)ccc(CC(=O)O)c1C(C)(C)C. The molecule has 0 unspecified atom stereocenters. The average Bonchev–Trinajstić information content (AvgIpc) is 2.15. The molecule has 0 spiro atoms. The molecule has 0 amide bonds. The third-order valence-electron chi connectivity index (χ3n) is 3.11. The van der Waals surface area contributed by atoms with Crippen LogP contribution in [0.2, 0.25) is 0 Å². The van der Waals surface area contributed by atoms with Gasteiger partial charge in [-0.15, -0.1) is 0 Å². The molecule has 0 saturated carbocycles. The standard InChI is InChI=1S/C16H24O3/c1-15(2,3)13-10(9-12(18)19)7-8-11(17)14(13)16(4,5)6/h7-8,17H,9H2,1-6H3,(H,18,19). The van der Waals surface area contributed by atoms with Crippen LogP contribution in [0.4, 0.5) is 0 Å². The molecule has 1 rings (SSSR count). The number of hydrogen-bond acceptors (Lipinski definition) is 2. The molecule has 0 bridgehead atoms. The van der Waals surface area contributed by atoms with Gasteiger partial charge in [-0.3, -0.25) is 4.79 Å². The zero-order valence-electron chi connectivity index (χ0n) is 12.7. The summed E-state index contributed by atoms with van der Waals surface area (Å²) in [5.74, 6) is -0.609. The summed E-state index contributed by atoms with van der Waals surface area (Å²) in [6.45, 7) is 12.2. The summed E-state index contributed by atoms with van der Waals surface area (Å²) in [7, 11) is 0. The molecule has 0 aliphatic rings. The maximum absolute atomic E-state index is 11.0. The van der Waals surface area contributed by atoms with Gasteiger partial charge in [-0.05, 0) is 28.0 Å². The van der Waals surface area contributed by atoms with E-state index in [1.54, 1.807) is 12.1 Å². The lowest BCUT2D eigenvalue weighted by molar-refractivity contribution is -0.136. The molecular weight excluding hydrogens is 240 g/mol. The van der Waals surface area contributed by atoms with Gasteiger partial charge in [0.25, 0.3) is 0 Å². The minimum absolute atomic E-state index is 0.0179. The van der Waals surface area contributed by atoms with Crippen LogP contribution < -0.4 is 0 Å². The van der Waals surface area contributed by atoms with Crippen LogP contribution in [0, 0.1) is 0 Å². The predicted octanol–water partition coefficient (Wildman–Crippen LogP) is 3.61. The second kappa shape index (κ2) is 4.87. The highest BCUT2D eigenvalue weighted by Gasteiger charge is 2.30. The second-order valence-electron chi connectivity index (χ2n) is 7.06. The van der Waals surface area contributed by atoms with E-state index in [1.165, 1.54) is 0 Å². The molecule has 0 radical (unpaired) electrons. The molecule has 3 nitrogen and oxygen atoms in total. The Morgan fingerprint density at radius 3 is 1.84 bits per heavy atom. The summed E-state index contributed by atoms with van der Waals surface area (Å²) in [4.78, 5) is 11.0. The van der Waals surface area contributed by atoms with Crippen molar-refractivity contribution in [1.29, 1.82) is 0 Å². The van der Waals surface area contributed by atoms with Crippen molar-refractivity contribution in [1.82, 2.24) is 0 Å². The molecule has 1 aromatic rings. The molecule has 0 aliphatic carbocycles. The molecular formula is C16H24O3. The van der Waals surface area contributed by atoms with Gasteiger partial charge in [0.05, 0.1) is 6.42 Å². The van der Waals surface area contributed by atoms with Crippen molar-refractivity contribution < 1.29 is 15.0 Å². The van der Waals surface area contributed by atoms with Crippen LogP contribution in [0.5, 0.6) is 5.75 Å². The summed E-state index contributed by atoms with van der Waals surface area (Å²) >= 11 is 0. The van der Waals surface area contributed by atoms with Gasteiger partial charge < -0.3 is 10.2 Å². The van der Waals surface area contributed by atoms with Crippen molar-refractivity contribution in [2.75, 3.05) is 0 Å². The Morgan fingerprint density at radius 1 is 1.00 bits per heavy atom. The number of benzene rings is 1. The number of aromatic hydroxyl groups is 1. The van der Waals surface area contributed by atoms with Crippen molar-refractivity contribution in [2.24, 2.45) is 0 Å². The maximum Gasteiger partial charge on any atom is 0.307 e. The Labute approximate surface area is 115 Å². The van der Waals surface area contributed by atoms with Gasteiger partial charge in [-0.2, -0.15) is 0 Å². The van der Waals surface area contributed by atoms with Crippen LogP contribution in [0.25, 0.3) is 0 Å². The van der Waals surface area contributed by atoms with Gasteiger partial charge >= 0.3 is 5.97 Å². The van der Waals surface area contributed by atoms with E-state index >= 15 is 0 Å². The number of aliphatic carboxylic acids is 1. The summed E-state index contributed by atoms with van der Waals surface area (Å²) in [5, 5.41) is 19.3. The summed E-state index contributed by atoms with van der Waals surface area (Å²) in [6, 6.07) is 3.33. The minimum Gasteiger partial charge on any atom is -0.508 e. The van der Waals surface area contributed by atoms with Crippen LogP contribution in [0.15, 0.2) is 12.1 Å². The van der Waals surface area contributed by atoms with Crippen molar-refractivity contribution in [3.05, 3.63) is 28.8 Å². The van der Waals surface area contributed by atoms with E-state index in [-0.39, 0.29) is 23.0 Å². The quantitative estimate of drug-likeness (QED) is 0.857. The van der Waals surface area contributed by atoms with E-state index in [0.717, 1.165) is 16.7 Å². The first-order valence-electron chi connectivity index (χ1n) is 6.52. The fourth-order valence-corrected chi connectivity index (χ4v) is 2.56. The second-order valence-corrected chi connectivity index (χ2v) is 7.06. The van der Waals surface area contributed by atoms with Crippen LogP contribution in [-0.2, 0) is 22.0 Å². The van der Waals surface area contributed by atoms with Gasteiger partial charge in [-0.25, -0.2) is 0 Å². The van der Waals surface area contributed by atoms with E-state index in [9.17, 15) is 9.90 Å². The van der Waals surface area contributed by atoms with E-state index < -0.39 is 5.97 Å². The first-order chi connectivity index (χ1) is 8.44. The molecule has 1 aromatic carbocycles. The lowest BCUT2D eigenvalue weighted by Crippen LogP contribution is -2.25. The molecule has 2 N–H and O–H groups in total. The van der Waals surface area contributed by atoms with Gasteiger partial charge in [0.2, 0.25) is 0 Å². The van der Waals surface area contributed by atoms with Crippen LogP contribution in [0.3, 0.4) is 0 Å². The highest BCUT2D eigenvalue weighted by molar-refractivity contribution is 5.72. The molecule has 0 atom stereocenters. The normalized spacial score (nSPS) is 12.5. The zero-order chi connectivity index (χ0) is 15.0. The van der Waals surface area contributed by atoms with Crippen LogP contribution in [-0.4, -0.2) is 16.2 Å². The van der Waals surface area contributed by atoms with Crippen LogP contribution >= 0.6 is 0 Å². The molecule has 0 aliphatic heterocycles. The third kappa shape index (κ3) is 3.49. The Morgan fingerprint density at radius 2 is 1.47 bits per heavy atom. The summed E-state index contributed by atoms with van der Waals surface area (Å²) in [5.41, 5.74) is 2.12. The number of carboxylic acid groups (broad SMARTS) is 1. The lowest BCUT2D eigenvalue weighted by atomic mass is 9.72. The average molecular weight is 264 g/mol. The minimum atomic E-state index is -0.851. The number of carboxylic acids is 1. The lowest BCUT2D eigenvalue weighted by Gasteiger charge is -2.32. The molecule has 0 heterocycles. The first-order valence-corrected chi connectivity index (χ1v) is 6.52. The van der Waals surface area contributed by atoms with E-state index in [1.807, 2.05) is 41.5 Å². The molecule has 0 fully saturated rings. The van der Waals surface area contributed by atoms with Crippen molar-refractivity contribution >= 4 is 5.97 Å². The fourth-order valence-electron chi connectivity index (χ4n) is 2.56. The molecule has 19 heavy (non-hydrogen) atoms. The molecule has 0 aromatic heterocycles. The Balaban J connectivity index is 3.66.